The normalized spacial score (nSPS) is 16.1. The predicted molar refractivity (Wildman–Crippen MR) is 133 cm³/mol. The molecule has 2 rings (SSSR count). The fraction of sp³-hybridized carbons (Fsp3) is 0.619. The molecule has 1 heterocycles. The zero-order valence-corrected chi connectivity index (χ0v) is 20.9. The quantitative estimate of drug-likeness (QED) is 0.169. The number of aliphatic imine (C=N–C) groups is 1. The summed E-state index contributed by atoms with van der Waals surface area (Å²) < 4.78 is 11.2. The van der Waals surface area contributed by atoms with Crippen LogP contribution in [0.2, 0.25) is 5.02 Å². The van der Waals surface area contributed by atoms with E-state index in [9.17, 15) is 4.79 Å². The first kappa shape index (κ1) is 26.9. The van der Waals surface area contributed by atoms with E-state index in [4.69, 9.17) is 21.1 Å². The number of rotatable bonds is 11. The van der Waals surface area contributed by atoms with E-state index in [1.54, 1.807) is 6.07 Å². The lowest BCUT2D eigenvalue weighted by Crippen LogP contribution is -2.38. The van der Waals surface area contributed by atoms with Crippen LogP contribution in [0, 0.1) is 6.92 Å². The smallest absolute Gasteiger partial charge is 0.226 e. The SMILES string of the molecule is CCNC(=NCCCOCC1CCCO1)NCCC(=O)Nc1cccc(Cl)c1C.I. The maximum Gasteiger partial charge on any atom is 0.226 e. The number of hydrogen-bond donors (Lipinski definition) is 3. The average molecular weight is 553 g/mol. The minimum Gasteiger partial charge on any atom is -0.379 e. The molecule has 3 N–H and O–H groups in total. The second kappa shape index (κ2) is 15.7. The van der Waals surface area contributed by atoms with E-state index in [0.717, 1.165) is 43.7 Å². The summed E-state index contributed by atoms with van der Waals surface area (Å²) in [5, 5.41) is 9.91. The van der Waals surface area contributed by atoms with Crippen LogP contribution in [0.15, 0.2) is 23.2 Å². The Hall–Kier alpha value is -1.10. The zero-order chi connectivity index (χ0) is 20.9. The van der Waals surface area contributed by atoms with Crippen molar-refractivity contribution in [3.05, 3.63) is 28.8 Å². The van der Waals surface area contributed by atoms with Gasteiger partial charge < -0.3 is 25.4 Å². The fourth-order valence-electron chi connectivity index (χ4n) is 2.94. The molecular formula is C21H34ClIN4O3. The van der Waals surface area contributed by atoms with Gasteiger partial charge in [-0.2, -0.15) is 0 Å². The van der Waals surface area contributed by atoms with Gasteiger partial charge in [0.25, 0.3) is 0 Å². The van der Waals surface area contributed by atoms with Gasteiger partial charge in [0.15, 0.2) is 5.96 Å². The lowest BCUT2D eigenvalue weighted by atomic mass is 10.2. The van der Waals surface area contributed by atoms with E-state index < -0.39 is 0 Å². The molecule has 1 aliphatic heterocycles. The molecular weight excluding hydrogens is 519 g/mol. The highest BCUT2D eigenvalue weighted by Crippen LogP contribution is 2.22. The van der Waals surface area contributed by atoms with Crippen molar-refractivity contribution in [1.82, 2.24) is 10.6 Å². The maximum absolute atomic E-state index is 12.2. The summed E-state index contributed by atoms with van der Waals surface area (Å²) in [5.74, 6) is 0.639. The van der Waals surface area contributed by atoms with Crippen molar-refractivity contribution in [3.8, 4) is 0 Å². The van der Waals surface area contributed by atoms with Crippen molar-refractivity contribution in [2.24, 2.45) is 4.99 Å². The molecule has 0 saturated carbocycles. The van der Waals surface area contributed by atoms with Crippen LogP contribution >= 0.6 is 35.6 Å². The van der Waals surface area contributed by atoms with E-state index in [2.05, 4.69) is 20.9 Å². The topological polar surface area (TPSA) is 84.0 Å². The highest BCUT2D eigenvalue weighted by molar-refractivity contribution is 14.0. The number of hydrogen-bond acceptors (Lipinski definition) is 4. The Kier molecular flexibility index (Phi) is 14.1. The molecule has 1 amide bonds. The van der Waals surface area contributed by atoms with Crippen LogP contribution < -0.4 is 16.0 Å². The highest BCUT2D eigenvalue weighted by atomic mass is 127. The third-order valence-electron chi connectivity index (χ3n) is 4.57. The van der Waals surface area contributed by atoms with Crippen LogP contribution in [-0.2, 0) is 14.3 Å². The summed E-state index contributed by atoms with van der Waals surface area (Å²) in [6.07, 6.45) is 3.67. The molecule has 1 aromatic carbocycles. The monoisotopic (exact) mass is 552 g/mol. The third kappa shape index (κ3) is 10.3. The number of carbonyl (C=O) groups is 1. The van der Waals surface area contributed by atoms with E-state index in [1.165, 1.54) is 0 Å². The van der Waals surface area contributed by atoms with E-state index in [0.29, 0.717) is 43.7 Å². The molecule has 0 bridgehead atoms. The number of guanidine groups is 1. The number of nitrogens with one attached hydrogen (secondary N) is 3. The van der Waals surface area contributed by atoms with Gasteiger partial charge in [-0.1, -0.05) is 17.7 Å². The Morgan fingerprint density at radius 3 is 2.93 bits per heavy atom. The van der Waals surface area contributed by atoms with Gasteiger partial charge >= 0.3 is 0 Å². The Labute approximate surface area is 201 Å². The minimum atomic E-state index is -0.0683. The molecule has 1 aliphatic rings. The predicted octanol–water partition coefficient (Wildman–Crippen LogP) is 3.74. The number of amides is 1. The molecule has 170 valence electrons. The molecule has 1 saturated heterocycles. The third-order valence-corrected chi connectivity index (χ3v) is 4.98. The summed E-state index contributed by atoms with van der Waals surface area (Å²) in [7, 11) is 0. The zero-order valence-electron chi connectivity index (χ0n) is 17.8. The lowest BCUT2D eigenvalue weighted by Gasteiger charge is -2.13. The second-order valence-corrected chi connectivity index (χ2v) is 7.37. The van der Waals surface area contributed by atoms with Crippen molar-refractivity contribution in [1.29, 1.82) is 0 Å². The van der Waals surface area contributed by atoms with Crippen LogP contribution in [0.25, 0.3) is 0 Å². The number of carbonyl (C=O) groups excluding carboxylic acids is 1. The number of anilines is 1. The van der Waals surface area contributed by atoms with Crippen LogP contribution in [0.4, 0.5) is 5.69 Å². The highest BCUT2D eigenvalue weighted by Gasteiger charge is 2.14. The molecule has 1 unspecified atom stereocenters. The Bertz CT molecular complexity index is 670. The molecule has 7 nitrogen and oxygen atoms in total. The van der Waals surface area contributed by atoms with Gasteiger partial charge in [0.1, 0.15) is 0 Å². The molecule has 0 radical (unpaired) electrons. The van der Waals surface area contributed by atoms with Crippen LogP contribution in [-0.4, -0.2) is 57.4 Å². The Morgan fingerprint density at radius 2 is 2.20 bits per heavy atom. The molecule has 0 aromatic heterocycles. The Morgan fingerprint density at radius 1 is 1.37 bits per heavy atom. The first-order chi connectivity index (χ1) is 14.1. The molecule has 1 atom stereocenters. The van der Waals surface area contributed by atoms with Gasteiger partial charge in [-0.25, -0.2) is 0 Å². The number of halogens is 2. The van der Waals surface area contributed by atoms with Crippen molar-refractivity contribution >= 4 is 53.1 Å². The molecule has 1 fully saturated rings. The van der Waals surface area contributed by atoms with Crippen LogP contribution in [0.1, 0.15) is 38.2 Å². The van der Waals surface area contributed by atoms with Crippen molar-refractivity contribution < 1.29 is 14.3 Å². The van der Waals surface area contributed by atoms with Crippen LogP contribution in [0.5, 0.6) is 0 Å². The van der Waals surface area contributed by atoms with Gasteiger partial charge in [-0.3, -0.25) is 9.79 Å². The summed E-state index contributed by atoms with van der Waals surface area (Å²) in [5.41, 5.74) is 1.61. The van der Waals surface area contributed by atoms with E-state index in [-0.39, 0.29) is 36.0 Å². The molecule has 0 spiro atoms. The van der Waals surface area contributed by atoms with Gasteiger partial charge in [0.05, 0.1) is 12.7 Å². The molecule has 1 aromatic rings. The average Bonchev–Trinajstić information content (AvgIpc) is 3.21. The summed E-state index contributed by atoms with van der Waals surface area (Å²) >= 11 is 6.09. The first-order valence-corrected chi connectivity index (χ1v) is 10.7. The van der Waals surface area contributed by atoms with Gasteiger partial charge in [0, 0.05) is 50.0 Å². The fourth-order valence-corrected chi connectivity index (χ4v) is 3.11. The van der Waals surface area contributed by atoms with Crippen molar-refractivity contribution in [2.45, 2.75) is 45.6 Å². The summed E-state index contributed by atoms with van der Waals surface area (Å²) in [4.78, 5) is 16.7. The van der Waals surface area contributed by atoms with Gasteiger partial charge in [0.2, 0.25) is 5.91 Å². The maximum atomic E-state index is 12.2. The van der Waals surface area contributed by atoms with Gasteiger partial charge in [-0.15, -0.1) is 24.0 Å². The first-order valence-electron chi connectivity index (χ1n) is 10.4. The van der Waals surface area contributed by atoms with Gasteiger partial charge in [-0.05, 0) is 50.8 Å². The molecule has 9 heteroatoms. The molecule has 0 aliphatic carbocycles. The number of nitrogens with zero attached hydrogens (tertiary/aromatic N) is 1. The standard InChI is InChI=1S/C21H33ClN4O3.HI/c1-3-23-21(24-11-6-13-28-15-17-7-5-14-29-17)25-12-10-20(27)26-19-9-4-8-18(22)16(19)2;/h4,8-9,17H,3,5-7,10-15H2,1-2H3,(H,26,27)(H2,23,24,25);1H. The van der Waals surface area contributed by atoms with E-state index in [1.807, 2.05) is 26.0 Å². The minimum absolute atomic E-state index is 0. The summed E-state index contributed by atoms with van der Waals surface area (Å²) in [6, 6.07) is 5.48. The molecule has 30 heavy (non-hydrogen) atoms. The number of ether oxygens (including phenoxy) is 2. The van der Waals surface area contributed by atoms with E-state index >= 15 is 0 Å². The Balaban J connectivity index is 0.00000450. The van der Waals surface area contributed by atoms with Crippen molar-refractivity contribution in [3.63, 3.8) is 0 Å². The van der Waals surface area contributed by atoms with Crippen LogP contribution in [0.3, 0.4) is 0 Å². The number of benzene rings is 1. The lowest BCUT2D eigenvalue weighted by molar-refractivity contribution is -0.116. The van der Waals surface area contributed by atoms with Crippen molar-refractivity contribution in [2.75, 3.05) is 44.8 Å². The second-order valence-electron chi connectivity index (χ2n) is 6.96. The summed E-state index contributed by atoms with van der Waals surface area (Å²) in [6.45, 7) is 8.00. The largest absolute Gasteiger partial charge is 0.379 e.